The Labute approximate surface area is 190 Å². The van der Waals surface area contributed by atoms with Crippen LogP contribution in [0.4, 0.5) is 65.9 Å². The molecule has 0 spiro atoms. The zero-order valence-electron chi connectivity index (χ0n) is 17.3. The van der Waals surface area contributed by atoms with E-state index in [0.717, 1.165) is 0 Å². The molecule has 212 valence electrons. The molecule has 0 aliphatic heterocycles. The van der Waals surface area contributed by atoms with Gasteiger partial charge in [0, 0.05) is 11.8 Å². The minimum Gasteiger partial charge on any atom is -0.459 e. The topological polar surface area (TPSA) is 66.8 Å². The van der Waals surface area contributed by atoms with Crippen LogP contribution in [0.15, 0.2) is 11.6 Å². The number of carbonyl (C=O) groups excluding carboxylic acids is 1. The predicted molar refractivity (Wildman–Crippen MR) is 84.6 cm³/mol. The third-order valence-corrected chi connectivity index (χ3v) is 5.66. The molecule has 4 nitrogen and oxygen atoms in total. The fourth-order valence-corrected chi connectivity index (χ4v) is 3.90. The van der Waals surface area contributed by atoms with Gasteiger partial charge in [0.2, 0.25) is 0 Å². The average Bonchev–Trinajstić information content (AvgIpc) is 2.61. The lowest BCUT2D eigenvalue weighted by atomic mass is 9.65. The van der Waals surface area contributed by atoms with Gasteiger partial charge < -0.3 is 14.9 Å². The second-order valence-electron chi connectivity index (χ2n) is 7.85. The van der Waals surface area contributed by atoms with Crippen LogP contribution in [0.2, 0.25) is 0 Å². The standard InChI is InChI=1S/C17H15F15O4/c1-2-9(13(18,19)20)10(33)36-8-4-6(11(34,14(21,22)23)15(24,25)26)3-7(5-8)12(35,16(27,28)29)17(30,31)32/h2,6-8,34-35H,3-5H2,1H3. The van der Waals surface area contributed by atoms with Crippen LogP contribution in [0.1, 0.15) is 26.2 Å². The first-order valence-electron chi connectivity index (χ1n) is 9.32. The van der Waals surface area contributed by atoms with Crippen LogP contribution in [0.5, 0.6) is 0 Å². The highest BCUT2D eigenvalue weighted by atomic mass is 19.4. The lowest BCUT2D eigenvalue weighted by molar-refractivity contribution is -0.405. The second-order valence-corrected chi connectivity index (χ2v) is 7.85. The highest BCUT2D eigenvalue weighted by molar-refractivity contribution is 5.89. The summed E-state index contributed by atoms with van der Waals surface area (Å²) < 4.78 is 202. The van der Waals surface area contributed by atoms with Gasteiger partial charge in [-0.3, -0.25) is 0 Å². The Kier molecular flexibility index (Phi) is 8.41. The highest BCUT2D eigenvalue weighted by Crippen LogP contribution is 2.58. The maximum Gasteiger partial charge on any atom is 0.426 e. The molecule has 0 bridgehead atoms. The molecular weight excluding hydrogens is 553 g/mol. The van der Waals surface area contributed by atoms with Crippen LogP contribution in [-0.4, -0.2) is 64.4 Å². The first-order chi connectivity index (χ1) is 15.7. The molecule has 2 N–H and O–H groups in total. The minimum absolute atomic E-state index is 0.00363. The van der Waals surface area contributed by atoms with E-state index in [2.05, 4.69) is 4.74 Å². The van der Waals surface area contributed by atoms with Crippen molar-refractivity contribution in [2.75, 3.05) is 0 Å². The number of hydrogen-bond acceptors (Lipinski definition) is 4. The fourth-order valence-electron chi connectivity index (χ4n) is 3.90. The molecule has 0 aromatic carbocycles. The average molecular weight is 568 g/mol. The number of aliphatic hydroxyl groups is 2. The monoisotopic (exact) mass is 568 g/mol. The van der Waals surface area contributed by atoms with E-state index in [1.165, 1.54) is 0 Å². The van der Waals surface area contributed by atoms with Gasteiger partial charge in [0.15, 0.2) is 0 Å². The van der Waals surface area contributed by atoms with Crippen molar-refractivity contribution in [3.63, 3.8) is 0 Å². The molecule has 36 heavy (non-hydrogen) atoms. The summed E-state index contributed by atoms with van der Waals surface area (Å²) >= 11 is 0. The van der Waals surface area contributed by atoms with Crippen molar-refractivity contribution in [3.8, 4) is 0 Å². The van der Waals surface area contributed by atoms with E-state index in [1.807, 2.05) is 0 Å². The van der Waals surface area contributed by atoms with Crippen molar-refractivity contribution < 1.29 is 85.6 Å². The summed E-state index contributed by atoms with van der Waals surface area (Å²) in [6, 6.07) is 0. The summed E-state index contributed by atoms with van der Waals surface area (Å²) in [6.45, 7) is 0.564. The molecule has 0 amide bonds. The summed E-state index contributed by atoms with van der Waals surface area (Å²) in [5, 5.41) is 19.0. The molecule has 1 aliphatic carbocycles. The Bertz CT molecular complexity index is 757. The zero-order valence-corrected chi connectivity index (χ0v) is 17.3. The van der Waals surface area contributed by atoms with Gasteiger partial charge in [-0.2, -0.15) is 65.9 Å². The third kappa shape index (κ3) is 5.65. The van der Waals surface area contributed by atoms with E-state index < -0.39 is 90.8 Å². The Morgan fingerprint density at radius 2 is 0.972 bits per heavy atom. The van der Waals surface area contributed by atoms with E-state index in [4.69, 9.17) is 0 Å². The highest BCUT2D eigenvalue weighted by Gasteiger charge is 2.78. The smallest absolute Gasteiger partial charge is 0.426 e. The van der Waals surface area contributed by atoms with Gasteiger partial charge in [-0.15, -0.1) is 0 Å². The SMILES string of the molecule is CC=C(C(=O)OC1CC(C(O)(C(F)(F)F)C(F)(F)F)CC(C(O)(C(F)(F)F)C(F)(F)F)C1)C(F)(F)F. The summed E-state index contributed by atoms with van der Waals surface area (Å²) in [6.07, 6.45) is -41.9. The van der Waals surface area contributed by atoms with E-state index in [0.29, 0.717) is 6.92 Å². The number of carbonyl (C=O) groups is 1. The molecule has 0 heterocycles. The van der Waals surface area contributed by atoms with E-state index in [1.54, 1.807) is 0 Å². The molecule has 0 aromatic heterocycles. The van der Waals surface area contributed by atoms with Gasteiger partial charge in [-0.05, 0) is 26.2 Å². The van der Waals surface area contributed by atoms with Gasteiger partial charge in [0.05, 0.1) is 0 Å². The van der Waals surface area contributed by atoms with E-state index >= 15 is 0 Å². The molecule has 1 aliphatic rings. The van der Waals surface area contributed by atoms with E-state index in [-0.39, 0.29) is 6.08 Å². The molecule has 2 unspecified atom stereocenters. The molecule has 0 aromatic rings. The van der Waals surface area contributed by atoms with Crippen LogP contribution in [0, 0.1) is 11.8 Å². The Balaban J connectivity index is 3.72. The van der Waals surface area contributed by atoms with Crippen molar-refractivity contribution in [1.29, 1.82) is 0 Å². The second kappa shape index (κ2) is 9.43. The van der Waals surface area contributed by atoms with E-state index in [9.17, 15) is 80.9 Å². The number of alkyl halides is 15. The number of rotatable bonds is 4. The summed E-state index contributed by atoms with van der Waals surface area (Å²) in [4.78, 5) is 11.8. The Morgan fingerprint density at radius 3 is 1.19 bits per heavy atom. The zero-order chi connectivity index (χ0) is 28.9. The molecule has 0 saturated heterocycles. The van der Waals surface area contributed by atoms with Crippen LogP contribution in [0.25, 0.3) is 0 Å². The number of ether oxygens (including phenoxy) is 1. The van der Waals surface area contributed by atoms with Gasteiger partial charge in [-0.25, -0.2) is 4.79 Å². The quantitative estimate of drug-likeness (QED) is 0.266. The molecule has 1 rings (SSSR count). The van der Waals surface area contributed by atoms with Gasteiger partial charge in [0.1, 0.15) is 11.7 Å². The molecule has 1 saturated carbocycles. The van der Waals surface area contributed by atoms with Crippen molar-refractivity contribution in [3.05, 3.63) is 11.6 Å². The van der Waals surface area contributed by atoms with Crippen LogP contribution in [0.3, 0.4) is 0 Å². The lowest BCUT2D eigenvalue weighted by Crippen LogP contribution is -2.67. The van der Waals surface area contributed by atoms with Crippen molar-refractivity contribution in [2.45, 2.75) is 74.4 Å². The first-order valence-corrected chi connectivity index (χ1v) is 9.32. The van der Waals surface area contributed by atoms with Crippen molar-refractivity contribution in [1.82, 2.24) is 0 Å². The summed E-state index contributed by atoms with van der Waals surface area (Å²) in [5.41, 5.74) is -14.2. The van der Waals surface area contributed by atoms with Crippen LogP contribution in [-0.2, 0) is 9.53 Å². The minimum atomic E-state index is -6.78. The van der Waals surface area contributed by atoms with Crippen molar-refractivity contribution >= 4 is 5.97 Å². The Hall–Kier alpha value is -1.92. The van der Waals surface area contributed by atoms with Crippen molar-refractivity contribution in [2.24, 2.45) is 11.8 Å². The largest absolute Gasteiger partial charge is 0.459 e. The molecule has 0 radical (unpaired) electrons. The number of esters is 1. The summed E-state index contributed by atoms with van der Waals surface area (Å²) in [7, 11) is 0. The maximum absolute atomic E-state index is 13.3. The molecule has 19 heteroatoms. The van der Waals surface area contributed by atoms with Gasteiger partial charge in [-0.1, -0.05) is 6.08 Å². The first kappa shape index (κ1) is 32.1. The predicted octanol–water partition coefficient (Wildman–Crippen LogP) is 5.53. The number of halogens is 15. The normalized spacial score (nSPS) is 24.1. The number of hydrogen-bond donors (Lipinski definition) is 2. The van der Waals surface area contributed by atoms with Gasteiger partial charge >= 0.3 is 36.9 Å². The van der Waals surface area contributed by atoms with Crippen LogP contribution < -0.4 is 0 Å². The molecular formula is C17H15F15O4. The molecule has 1 fully saturated rings. The fraction of sp³-hybridized carbons (Fsp3) is 0.824. The number of allylic oxidation sites excluding steroid dienone is 1. The summed E-state index contributed by atoms with van der Waals surface area (Å²) in [5.74, 6) is -9.89. The molecule has 2 atom stereocenters. The third-order valence-electron chi connectivity index (χ3n) is 5.66. The van der Waals surface area contributed by atoms with Gasteiger partial charge in [0.25, 0.3) is 11.2 Å². The Morgan fingerprint density at radius 1 is 0.667 bits per heavy atom. The van der Waals surface area contributed by atoms with Crippen LogP contribution >= 0.6 is 0 Å². The lowest BCUT2D eigenvalue weighted by Gasteiger charge is -2.48. The maximum atomic E-state index is 13.3.